The van der Waals surface area contributed by atoms with E-state index < -0.39 is 0 Å². The van der Waals surface area contributed by atoms with E-state index in [9.17, 15) is 5.41 Å². The quantitative estimate of drug-likeness (QED) is 0.143. The molecule has 1 aliphatic rings. The summed E-state index contributed by atoms with van der Waals surface area (Å²) in [5.41, 5.74) is 16.9. The first-order valence-corrected chi connectivity index (χ1v) is 20.5. The lowest BCUT2D eigenvalue weighted by Crippen LogP contribution is -2.20. The molecule has 0 saturated heterocycles. The van der Waals surface area contributed by atoms with Crippen LogP contribution in [0.15, 0.2) is 224 Å². The lowest BCUT2D eigenvalue weighted by atomic mass is 9.86. The first-order valence-electron chi connectivity index (χ1n) is 20.5. The molecular formula is C57H40N4. The van der Waals surface area contributed by atoms with Crippen molar-refractivity contribution >= 4 is 28.8 Å². The van der Waals surface area contributed by atoms with Crippen molar-refractivity contribution in [3.05, 3.63) is 252 Å². The van der Waals surface area contributed by atoms with Crippen LogP contribution in [-0.2, 0) is 0 Å². The molecule has 0 unspecified atom stereocenters. The third kappa shape index (κ3) is 7.62. The second-order valence-corrected chi connectivity index (χ2v) is 15.0. The van der Waals surface area contributed by atoms with Crippen LogP contribution in [0.3, 0.4) is 0 Å². The Morgan fingerprint density at radius 2 is 0.836 bits per heavy atom. The third-order valence-corrected chi connectivity index (χ3v) is 11.1. The summed E-state index contributed by atoms with van der Waals surface area (Å²) in [5, 5.41) is 13.6. The molecule has 0 radical (unpaired) electrons. The molecule has 0 spiro atoms. The van der Waals surface area contributed by atoms with Crippen LogP contribution in [0, 0.1) is 5.41 Å². The van der Waals surface area contributed by atoms with Gasteiger partial charge in [-0.25, -0.2) is 9.97 Å². The summed E-state index contributed by atoms with van der Waals surface area (Å²) in [4.78, 5) is 10.7. The van der Waals surface area contributed by atoms with E-state index in [0.29, 0.717) is 11.5 Å². The Morgan fingerprint density at radius 1 is 0.377 bits per heavy atom. The molecule has 4 nitrogen and oxygen atoms in total. The average Bonchev–Trinajstić information content (AvgIpc) is 3.35. The van der Waals surface area contributed by atoms with Crippen LogP contribution in [-0.4, -0.2) is 15.7 Å². The molecule has 4 heteroatoms. The molecule has 10 rings (SSSR count). The van der Waals surface area contributed by atoms with E-state index >= 15 is 0 Å². The van der Waals surface area contributed by atoms with E-state index in [1.165, 1.54) is 0 Å². The Labute approximate surface area is 356 Å². The number of nitrogens with one attached hydrogen (secondary N) is 2. The first-order chi connectivity index (χ1) is 30.2. The largest absolute Gasteiger partial charge is 0.354 e. The van der Waals surface area contributed by atoms with Crippen LogP contribution >= 0.6 is 0 Å². The third-order valence-electron chi connectivity index (χ3n) is 11.1. The summed E-state index contributed by atoms with van der Waals surface area (Å²) in [7, 11) is 0. The highest BCUT2D eigenvalue weighted by Crippen LogP contribution is 2.41. The van der Waals surface area contributed by atoms with Gasteiger partial charge in [0.25, 0.3) is 0 Å². The number of nitrogens with zero attached hydrogens (tertiary/aromatic N) is 2. The lowest BCUT2D eigenvalue weighted by Gasteiger charge is -2.27. The molecule has 0 bridgehead atoms. The zero-order valence-corrected chi connectivity index (χ0v) is 33.3. The number of aromatic nitrogens is 2. The van der Waals surface area contributed by atoms with Crippen molar-refractivity contribution < 1.29 is 0 Å². The van der Waals surface area contributed by atoms with Crippen LogP contribution in [0.4, 0.5) is 0 Å². The van der Waals surface area contributed by atoms with Crippen molar-refractivity contribution in [3.63, 3.8) is 0 Å². The zero-order chi connectivity index (χ0) is 41.0. The molecule has 0 atom stereocenters. The van der Waals surface area contributed by atoms with Crippen LogP contribution < -0.4 is 5.32 Å². The molecule has 61 heavy (non-hydrogen) atoms. The number of hydrogen-bond donors (Lipinski definition) is 2. The van der Waals surface area contributed by atoms with Crippen molar-refractivity contribution in [2.24, 2.45) is 0 Å². The fourth-order valence-electron chi connectivity index (χ4n) is 8.10. The summed E-state index contributed by atoms with van der Waals surface area (Å²) in [6.45, 7) is 0. The normalized spacial score (nSPS) is 12.8. The molecule has 2 N–H and O–H groups in total. The molecule has 2 heterocycles. The molecule has 8 aromatic carbocycles. The Morgan fingerprint density at radius 3 is 1.41 bits per heavy atom. The molecule has 0 fully saturated rings. The van der Waals surface area contributed by atoms with Gasteiger partial charge in [-0.1, -0.05) is 200 Å². The monoisotopic (exact) mass is 780 g/mol. The molecule has 1 aromatic heterocycles. The summed E-state index contributed by atoms with van der Waals surface area (Å²) >= 11 is 0. The van der Waals surface area contributed by atoms with Gasteiger partial charge < -0.3 is 5.32 Å². The van der Waals surface area contributed by atoms with Crippen molar-refractivity contribution in [2.45, 2.75) is 0 Å². The first kappa shape index (κ1) is 37.1. The van der Waals surface area contributed by atoms with Crippen LogP contribution in [0.2, 0.25) is 0 Å². The molecule has 0 amide bonds. The molecular weight excluding hydrogens is 741 g/mol. The van der Waals surface area contributed by atoms with Gasteiger partial charge in [0.15, 0.2) is 5.82 Å². The van der Waals surface area contributed by atoms with Crippen molar-refractivity contribution in [3.8, 4) is 56.2 Å². The van der Waals surface area contributed by atoms with Crippen molar-refractivity contribution in [2.75, 3.05) is 0 Å². The lowest BCUT2D eigenvalue weighted by molar-refractivity contribution is 1.18. The molecule has 0 saturated carbocycles. The number of rotatable bonds is 9. The van der Waals surface area contributed by atoms with Crippen molar-refractivity contribution in [1.29, 1.82) is 5.41 Å². The van der Waals surface area contributed by atoms with Gasteiger partial charge in [0.1, 0.15) is 0 Å². The second kappa shape index (κ2) is 16.6. The van der Waals surface area contributed by atoms with E-state index in [1.807, 2.05) is 72.8 Å². The van der Waals surface area contributed by atoms with Gasteiger partial charge in [-0.3, -0.25) is 5.41 Å². The van der Waals surface area contributed by atoms with Crippen LogP contribution in [0.1, 0.15) is 27.8 Å². The van der Waals surface area contributed by atoms with Gasteiger partial charge in [0, 0.05) is 39.1 Å². The van der Waals surface area contributed by atoms with Gasteiger partial charge in [0.2, 0.25) is 0 Å². The predicted octanol–water partition coefficient (Wildman–Crippen LogP) is 13.8. The van der Waals surface area contributed by atoms with Gasteiger partial charge >= 0.3 is 0 Å². The smallest absolute Gasteiger partial charge is 0.160 e. The maximum absolute atomic E-state index is 9.76. The topological polar surface area (TPSA) is 61.7 Å². The SMILES string of the molecule is N=C(/C(=C1\NC(c2ccccc2)=Cc2c1cccc2-c1cc(-c2cc(-c3ccccc3)cc(-c3ccccc3)c2)nc(-c2ccccc2)n1)c1ccccc1)c1ccccc1. The minimum absolute atomic E-state index is 0.433. The minimum atomic E-state index is 0.433. The Kier molecular flexibility index (Phi) is 10.1. The van der Waals surface area contributed by atoms with E-state index in [2.05, 4.69) is 163 Å². The Bertz CT molecular complexity index is 3010. The molecule has 288 valence electrons. The highest BCUT2D eigenvalue weighted by atomic mass is 14.9. The van der Waals surface area contributed by atoms with E-state index in [4.69, 9.17) is 9.97 Å². The summed E-state index contributed by atoms with van der Waals surface area (Å²) in [5.74, 6) is 0.643. The number of hydrogen-bond acceptors (Lipinski definition) is 4. The second-order valence-electron chi connectivity index (χ2n) is 15.0. The number of fused-ring (bicyclic) bond motifs is 1. The highest BCUT2D eigenvalue weighted by molar-refractivity contribution is 6.36. The number of allylic oxidation sites excluding steroid dienone is 1. The number of benzene rings is 8. The standard InChI is InChI=1S/C57H40N4/c58-55(43-28-15-5-16-29-43)54(42-26-13-4-14-27-42)56-49-33-19-32-48(50(49)37-51(59-56)41-24-11-3-12-25-41)53-38-52(60-57(61-53)44-30-17-6-18-31-44)47-35-45(39-20-7-1-8-21-39)34-46(36-47)40-22-9-2-10-23-40/h1-38,58-59H/b56-54-,58-55?. The highest BCUT2D eigenvalue weighted by Gasteiger charge is 2.26. The van der Waals surface area contributed by atoms with E-state index in [0.717, 1.165) is 95.1 Å². The van der Waals surface area contributed by atoms with E-state index in [1.54, 1.807) is 0 Å². The maximum atomic E-state index is 9.76. The minimum Gasteiger partial charge on any atom is -0.354 e. The summed E-state index contributed by atoms with van der Waals surface area (Å²) in [6, 6.07) is 77.2. The van der Waals surface area contributed by atoms with Gasteiger partial charge in [-0.15, -0.1) is 0 Å². The van der Waals surface area contributed by atoms with Crippen molar-refractivity contribution in [1.82, 2.24) is 15.3 Å². The molecule has 0 aliphatic carbocycles. The van der Waals surface area contributed by atoms with Gasteiger partial charge in [-0.2, -0.15) is 0 Å². The maximum Gasteiger partial charge on any atom is 0.160 e. The van der Waals surface area contributed by atoms with Crippen LogP contribution in [0.5, 0.6) is 0 Å². The summed E-state index contributed by atoms with van der Waals surface area (Å²) in [6.07, 6.45) is 2.23. The average molecular weight is 781 g/mol. The van der Waals surface area contributed by atoms with Crippen LogP contribution in [0.25, 0.3) is 79.2 Å². The van der Waals surface area contributed by atoms with Gasteiger partial charge in [-0.05, 0) is 69.3 Å². The predicted molar refractivity (Wildman–Crippen MR) is 253 cm³/mol. The fourth-order valence-corrected chi connectivity index (χ4v) is 8.10. The Hall–Kier alpha value is -8.21. The van der Waals surface area contributed by atoms with E-state index in [-0.39, 0.29) is 0 Å². The summed E-state index contributed by atoms with van der Waals surface area (Å²) < 4.78 is 0. The van der Waals surface area contributed by atoms with Gasteiger partial charge in [0.05, 0.1) is 22.8 Å². The fraction of sp³-hybridized carbons (Fsp3) is 0. The molecule has 1 aliphatic heterocycles. The molecule has 9 aromatic rings. The Balaban J connectivity index is 1.23. The zero-order valence-electron chi connectivity index (χ0n) is 33.3.